The Bertz CT molecular complexity index is 1670. The van der Waals surface area contributed by atoms with Crippen molar-refractivity contribution >= 4 is 40.7 Å². The lowest BCUT2D eigenvalue weighted by Crippen LogP contribution is -2.55. The second-order valence-electron chi connectivity index (χ2n) is 13.2. The molecule has 0 spiro atoms. The smallest absolute Gasteiger partial charge is 0.407 e. The van der Waals surface area contributed by atoms with E-state index >= 15 is 0 Å². The first kappa shape index (κ1) is 39.4. The van der Waals surface area contributed by atoms with Gasteiger partial charge in [-0.15, -0.1) is 22.7 Å². The summed E-state index contributed by atoms with van der Waals surface area (Å²) in [6.45, 7) is 8.14. The number of ether oxygens (including phenoxy) is 1. The average Bonchev–Trinajstić information content (AvgIpc) is 3.80. The Hall–Kier alpha value is -4.40. The van der Waals surface area contributed by atoms with Crippen LogP contribution >= 0.6 is 22.7 Å². The summed E-state index contributed by atoms with van der Waals surface area (Å²) < 4.78 is 19.1. The van der Waals surface area contributed by atoms with Crippen molar-refractivity contribution in [1.29, 1.82) is 0 Å². The van der Waals surface area contributed by atoms with E-state index in [0.29, 0.717) is 18.5 Å². The summed E-state index contributed by atoms with van der Waals surface area (Å²) in [5.41, 5.74) is 4.03. The van der Waals surface area contributed by atoms with Crippen LogP contribution in [0, 0.1) is 11.7 Å². The molecule has 4 unspecified atom stereocenters. The third-order valence-electron chi connectivity index (χ3n) is 8.20. The molecule has 4 atom stereocenters. The first-order chi connectivity index (χ1) is 24.4. The van der Waals surface area contributed by atoms with Gasteiger partial charge < -0.3 is 30.7 Å². The average molecular weight is 739 g/mol. The van der Waals surface area contributed by atoms with Crippen LogP contribution in [0.5, 0.6) is 0 Å². The van der Waals surface area contributed by atoms with E-state index < -0.39 is 48.1 Å². The van der Waals surface area contributed by atoms with Gasteiger partial charge in [-0.05, 0) is 48.4 Å². The number of urea groups is 1. The van der Waals surface area contributed by atoms with Gasteiger partial charge in [-0.3, -0.25) is 9.78 Å². The van der Waals surface area contributed by atoms with Crippen molar-refractivity contribution in [3.63, 3.8) is 0 Å². The monoisotopic (exact) mass is 738 g/mol. The van der Waals surface area contributed by atoms with Crippen LogP contribution in [0.4, 0.5) is 14.0 Å². The van der Waals surface area contributed by atoms with E-state index in [0.717, 1.165) is 21.1 Å². The molecule has 4 rings (SSSR count). The van der Waals surface area contributed by atoms with E-state index in [2.05, 4.69) is 39.8 Å². The fourth-order valence-electron chi connectivity index (χ4n) is 5.39. The number of nitrogens with zero attached hydrogens (tertiary/aromatic N) is 3. The number of aromatic nitrogens is 2. The number of amides is 4. The fourth-order valence-corrected chi connectivity index (χ4v) is 6.72. The molecule has 4 aromatic rings. The highest BCUT2D eigenvalue weighted by Crippen LogP contribution is 2.20. The molecule has 14 heteroatoms. The van der Waals surface area contributed by atoms with Crippen molar-refractivity contribution in [3.05, 3.63) is 104 Å². The minimum atomic E-state index is -1.15. The van der Waals surface area contributed by atoms with Crippen LogP contribution in [-0.4, -0.2) is 69.3 Å². The number of carbonyl (C=O) groups is 3. The Morgan fingerprint density at radius 2 is 1.65 bits per heavy atom. The number of aliphatic hydroxyl groups is 1. The molecule has 0 saturated heterocycles. The van der Waals surface area contributed by atoms with Gasteiger partial charge in [-0.1, -0.05) is 70.2 Å². The van der Waals surface area contributed by atoms with Gasteiger partial charge in [0.05, 0.1) is 39.8 Å². The van der Waals surface area contributed by atoms with Gasteiger partial charge in [0.15, 0.2) is 0 Å². The van der Waals surface area contributed by atoms with E-state index in [1.165, 1.54) is 28.4 Å². The summed E-state index contributed by atoms with van der Waals surface area (Å²) in [7, 11) is 1.66. The summed E-state index contributed by atoms with van der Waals surface area (Å²) in [4.78, 5) is 50.9. The zero-order valence-corrected chi connectivity index (χ0v) is 31.2. The summed E-state index contributed by atoms with van der Waals surface area (Å²) in [5, 5.41) is 23.3. The van der Waals surface area contributed by atoms with Gasteiger partial charge in [0.2, 0.25) is 5.91 Å². The van der Waals surface area contributed by atoms with Crippen LogP contribution in [0.2, 0.25) is 0 Å². The molecule has 51 heavy (non-hydrogen) atoms. The van der Waals surface area contributed by atoms with E-state index in [4.69, 9.17) is 4.74 Å². The Morgan fingerprint density at radius 1 is 0.941 bits per heavy atom. The second kappa shape index (κ2) is 19.3. The first-order valence-corrected chi connectivity index (χ1v) is 18.7. The molecule has 0 aliphatic rings. The topological polar surface area (TPSA) is 146 Å². The quantitative estimate of drug-likeness (QED) is 0.103. The number of alkyl carbamates (subject to hydrolysis) is 1. The molecule has 0 aliphatic heterocycles. The zero-order valence-electron chi connectivity index (χ0n) is 29.5. The minimum absolute atomic E-state index is 0.0167. The third-order valence-corrected chi connectivity index (χ3v) is 10.1. The zero-order chi connectivity index (χ0) is 36.9. The molecule has 11 nitrogen and oxygen atoms in total. The molecule has 0 bridgehead atoms. The maximum atomic E-state index is 13.9. The molecule has 2 aromatic heterocycles. The van der Waals surface area contributed by atoms with Gasteiger partial charge in [0.25, 0.3) is 0 Å². The lowest BCUT2D eigenvalue weighted by Gasteiger charge is -2.30. The Kier molecular flexibility index (Phi) is 14.9. The molecule has 0 saturated carbocycles. The molecule has 0 aliphatic carbocycles. The van der Waals surface area contributed by atoms with E-state index in [1.807, 2.05) is 49.6 Å². The van der Waals surface area contributed by atoms with Gasteiger partial charge in [0.1, 0.15) is 18.5 Å². The van der Waals surface area contributed by atoms with Crippen molar-refractivity contribution in [2.75, 3.05) is 7.05 Å². The van der Waals surface area contributed by atoms with Crippen molar-refractivity contribution in [1.82, 2.24) is 30.8 Å². The molecular formula is C37H47FN6O5S2. The predicted octanol–water partition coefficient (Wildman–Crippen LogP) is 6.04. The van der Waals surface area contributed by atoms with E-state index in [1.54, 1.807) is 42.2 Å². The van der Waals surface area contributed by atoms with E-state index in [9.17, 15) is 23.9 Å². The van der Waals surface area contributed by atoms with Crippen molar-refractivity contribution < 1.29 is 28.6 Å². The number of rotatable bonds is 17. The number of hydrogen-bond donors (Lipinski definition) is 4. The van der Waals surface area contributed by atoms with Crippen LogP contribution in [0.15, 0.2) is 71.7 Å². The van der Waals surface area contributed by atoms with E-state index in [-0.39, 0.29) is 31.3 Å². The van der Waals surface area contributed by atoms with Crippen LogP contribution in [0.3, 0.4) is 0 Å². The highest BCUT2D eigenvalue weighted by Gasteiger charge is 2.31. The Labute approximate surface area is 306 Å². The lowest BCUT2D eigenvalue weighted by atomic mass is 9.93. The van der Waals surface area contributed by atoms with Gasteiger partial charge >= 0.3 is 12.1 Å². The molecule has 2 aromatic carbocycles. The summed E-state index contributed by atoms with van der Waals surface area (Å²) in [6, 6.07) is 12.6. The standard InChI is InChI=1S/C37H47FN6O5S2/c1-23(2)33(43-36(47)44(5)19-29-21-50-35(41-29)24(3)4)34(46)40-28(15-25-9-7-6-8-10-25)17-32(45)31(16-26-11-13-27(38)14-12-26)42-37(48)49-20-30-18-39-22-51-30/h6-14,18,21-24,28,31-33,45H,15-17,19-20H2,1-5H3,(H,40,46)(H,42,48)(H,43,47). The molecular weight excluding hydrogens is 692 g/mol. The number of thiazole rings is 2. The largest absolute Gasteiger partial charge is 0.444 e. The summed E-state index contributed by atoms with van der Waals surface area (Å²) in [5.74, 6) is -0.767. The fraction of sp³-hybridized carbons (Fsp3) is 0.432. The van der Waals surface area contributed by atoms with Crippen LogP contribution < -0.4 is 16.0 Å². The van der Waals surface area contributed by atoms with Gasteiger partial charge in [-0.25, -0.2) is 19.0 Å². The van der Waals surface area contributed by atoms with Gasteiger partial charge in [0, 0.05) is 30.6 Å². The minimum Gasteiger partial charge on any atom is -0.444 e. The molecule has 0 fully saturated rings. The molecule has 4 amide bonds. The van der Waals surface area contributed by atoms with Crippen LogP contribution in [0.1, 0.15) is 66.7 Å². The summed E-state index contributed by atoms with van der Waals surface area (Å²) >= 11 is 2.90. The van der Waals surface area contributed by atoms with Crippen LogP contribution in [-0.2, 0) is 35.5 Å². The maximum Gasteiger partial charge on any atom is 0.407 e. The SMILES string of the molecule is CC(C)c1nc(CN(C)C(=O)NC(C(=O)NC(Cc2ccccc2)CC(O)C(Cc2ccc(F)cc2)NC(=O)OCc2cncs2)C(C)C)cs1. The number of carbonyl (C=O) groups excluding carboxylic acids is 3. The number of halogens is 1. The number of hydrogen-bond acceptors (Lipinski definition) is 9. The maximum absolute atomic E-state index is 13.9. The molecule has 2 heterocycles. The second-order valence-corrected chi connectivity index (χ2v) is 15.0. The van der Waals surface area contributed by atoms with Crippen molar-refractivity contribution in [2.24, 2.45) is 5.92 Å². The number of aliphatic hydroxyl groups excluding tert-OH is 1. The van der Waals surface area contributed by atoms with Crippen LogP contribution in [0.25, 0.3) is 0 Å². The third kappa shape index (κ3) is 12.7. The molecule has 4 N–H and O–H groups in total. The number of benzene rings is 2. The highest BCUT2D eigenvalue weighted by atomic mass is 32.1. The normalized spacial score (nSPS) is 13.7. The molecule has 0 radical (unpaired) electrons. The predicted molar refractivity (Wildman–Crippen MR) is 197 cm³/mol. The van der Waals surface area contributed by atoms with Gasteiger partial charge in [-0.2, -0.15) is 0 Å². The first-order valence-electron chi connectivity index (χ1n) is 16.9. The van der Waals surface area contributed by atoms with Crippen molar-refractivity contribution in [2.45, 2.75) is 90.3 Å². The summed E-state index contributed by atoms with van der Waals surface area (Å²) in [6.07, 6.45) is 0.340. The Morgan fingerprint density at radius 3 is 2.27 bits per heavy atom. The Balaban J connectivity index is 1.48. The number of nitrogens with one attached hydrogen (secondary N) is 3. The van der Waals surface area contributed by atoms with Crippen molar-refractivity contribution in [3.8, 4) is 0 Å². The molecule has 274 valence electrons. The highest BCUT2D eigenvalue weighted by molar-refractivity contribution is 7.09. The lowest BCUT2D eigenvalue weighted by molar-refractivity contribution is -0.124.